The summed E-state index contributed by atoms with van der Waals surface area (Å²) in [5, 5.41) is 3.57. The summed E-state index contributed by atoms with van der Waals surface area (Å²) >= 11 is 0. The SMILES string of the molecule is O=C(Cn1c(=O)[nH]c2ccccc21)N1CCC2CCC(C1)N2. The van der Waals surface area contributed by atoms with Crippen molar-refractivity contribution in [1.29, 1.82) is 0 Å². The van der Waals surface area contributed by atoms with Gasteiger partial charge in [-0.15, -0.1) is 0 Å². The lowest BCUT2D eigenvalue weighted by Gasteiger charge is -2.24. The van der Waals surface area contributed by atoms with E-state index < -0.39 is 0 Å². The number of nitrogens with zero attached hydrogens (tertiary/aromatic N) is 2. The zero-order valence-electron chi connectivity index (χ0n) is 12.4. The Labute approximate surface area is 128 Å². The third kappa shape index (κ3) is 2.33. The summed E-state index contributed by atoms with van der Waals surface area (Å²) in [6, 6.07) is 8.45. The Bertz CT molecular complexity index is 763. The molecule has 4 rings (SSSR count). The molecule has 2 bridgehead atoms. The average molecular weight is 300 g/mol. The number of imidazole rings is 1. The van der Waals surface area contributed by atoms with E-state index in [1.165, 1.54) is 11.0 Å². The lowest BCUT2D eigenvalue weighted by molar-refractivity contribution is -0.132. The van der Waals surface area contributed by atoms with E-state index in [2.05, 4.69) is 10.3 Å². The summed E-state index contributed by atoms with van der Waals surface area (Å²) in [6.07, 6.45) is 3.36. The fraction of sp³-hybridized carbons (Fsp3) is 0.500. The summed E-state index contributed by atoms with van der Waals surface area (Å²) in [6.45, 7) is 1.65. The Hall–Kier alpha value is -2.08. The van der Waals surface area contributed by atoms with Crippen LogP contribution in [0.3, 0.4) is 0 Å². The van der Waals surface area contributed by atoms with Gasteiger partial charge in [-0.1, -0.05) is 12.1 Å². The van der Waals surface area contributed by atoms with Crippen molar-refractivity contribution < 1.29 is 4.79 Å². The molecule has 22 heavy (non-hydrogen) atoms. The molecule has 1 aromatic carbocycles. The van der Waals surface area contributed by atoms with Gasteiger partial charge in [-0.2, -0.15) is 0 Å². The molecule has 116 valence electrons. The number of nitrogens with one attached hydrogen (secondary N) is 2. The van der Waals surface area contributed by atoms with Gasteiger partial charge in [0.1, 0.15) is 6.54 Å². The number of carbonyl (C=O) groups excluding carboxylic acids is 1. The standard InChI is InChI=1S/C16H20N4O2/c21-15(19-8-7-11-5-6-12(9-19)17-11)10-20-14-4-2-1-3-13(14)18-16(20)22/h1-4,11-12,17H,5-10H2,(H,18,22). The minimum Gasteiger partial charge on any atom is -0.340 e. The number of benzene rings is 1. The van der Waals surface area contributed by atoms with E-state index in [1.807, 2.05) is 29.2 Å². The van der Waals surface area contributed by atoms with Gasteiger partial charge in [0.25, 0.3) is 0 Å². The smallest absolute Gasteiger partial charge is 0.326 e. The van der Waals surface area contributed by atoms with Gasteiger partial charge in [-0.25, -0.2) is 4.79 Å². The van der Waals surface area contributed by atoms with E-state index in [1.54, 1.807) is 0 Å². The first-order valence-electron chi connectivity index (χ1n) is 7.92. The van der Waals surface area contributed by atoms with E-state index in [9.17, 15) is 9.59 Å². The molecule has 2 unspecified atom stereocenters. The molecule has 6 heteroatoms. The molecule has 2 saturated heterocycles. The maximum atomic E-state index is 12.6. The first-order valence-corrected chi connectivity index (χ1v) is 7.92. The normalized spacial score (nSPS) is 24.6. The Balaban J connectivity index is 1.56. The molecule has 2 aliphatic heterocycles. The number of likely N-dealkylation sites (tertiary alicyclic amines) is 1. The number of hydrogen-bond acceptors (Lipinski definition) is 3. The summed E-state index contributed by atoms with van der Waals surface area (Å²) < 4.78 is 1.54. The number of rotatable bonds is 2. The number of H-pyrrole nitrogens is 1. The van der Waals surface area contributed by atoms with Crippen LogP contribution in [-0.4, -0.2) is 45.5 Å². The first kappa shape index (κ1) is 13.6. The Morgan fingerprint density at radius 1 is 1.18 bits per heavy atom. The molecule has 6 nitrogen and oxygen atoms in total. The quantitative estimate of drug-likeness (QED) is 0.857. The molecular weight excluding hydrogens is 280 g/mol. The minimum atomic E-state index is -0.219. The highest BCUT2D eigenvalue weighted by Gasteiger charge is 2.31. The van der Waals surface area contributed by atoms with Crippen LogP contribution in [0, 0.1) is 0 Å². The van der Waals surface area contributed by atoms with E-state index in [0.29, 0.717) is 12.1 Å². The molecule has 2 aromatic rings. The summed E-state index contributed by atoms with van der Waals surface area (Å²) in [4.78, 5) is 29.4. The van der Waals surface area contributed by atoms with Crippen molar-refractivity contribution in [3.8, 4) is 0 Å². The van der Waals surface area contributed by atoms with Crippen molar-refractivity contribution >= 4 is 16.9 Å². The van der Waals surface area contributed by atoms with E-state index in [4.69, 9.17) is 0 Å². The van der Waals surface area contributed by atoms with Crippen molar-refractivity contribution in [2.45, 2.75) is 37.9 Å². The maximum Gasteiger partial charge on any atom is 0.326 e. The van der Waals surface area contributed by atoms with Gasteiger partial charge >= 0.3 is 5.69 Å². The minimum absolute atomic E-state index is 0.0289. The highest BCUT2D eigenvalue weighted by atomic mass is 16.2. The van der Waals surface area contributed by atoms with Crippen molar-refractivity contribution in [2.24, 2.45) is 0 Å². The summed E-state index contributed by atoms with van der Waals surface area (Å²) in [5.74, 6) is 0.0289. The molecule has 0 radical (unpaired) electrons. The third-order valence-electron chi connectivity index (χ3n) is 4.85. The third-order valence-corrected chi connectivity index (χ3v) is 4.85. The predicted octanol–water partition coefficient (Wildman–Crippen LogP) is 0.682. The monoisotopic (exact) mass is 300 g/mol. The average Bonchev–Trinajstić information content (AvgIpc) is 2.99. The van der Waals surface area contributed by atoms with Crippen molar-refractivity contribution in [3.63, 3.8) is 0 Å². The molecule has 2 fully saturated rings. The molecule has 1 aromatic heterocycles. The zero-order chi connectivity index (χ0) is 15.1. The lowest BCUT2D eigenvalue weighted by Crippen LogP contribution is -2.41. The fourth-order valence-electron chi connectivity index (χ4n) is 3.67. The highest BCUT2D eigenvalue weighted by Crippen LogP contribution is 2.20. The van der Waals surface area contributed by atoms with Crippen LogP contribution in [-0.2, 0) is 11.3 Å². The van der Waals surface area contributed by atoms with Crippen LogP contribution in [0.1, 0.15) is 19.3 Å². The summed E-state index contributed by atoms with van der Waals surface area (Å²) in [5.41, 5.74) is 1.34. The van der Waals surface area contributed by atoms with Crippen LogP contribution >= 0.6 is 0 Å². The van der Waals surface area contributed by atoms with Gasteiger partial charge in [-0.05, 0) is 31.4 Å². The number of carbonyl (C=O) groups is 1. The van der Waals surface area contributed by atoms with Crippen LogP contribution in [0.2, 0.25) is 0 Å². The van der Waals surface area contributed by atoms with Crippen LogP contribution in [0.4, 0.5) is 0 Å². The number of aromatic amines is 1. The van der Waals surface area contributed by atoms with Crippen LogP contribution in [0.5, 0.6) is 0 Å². The van der Waals surface area contributed by atoms with E-state index in [-0.39, 0.29) is 18.1 Å². The number of para-hydroxylation sites is 2. The molecule has 2 N–H and O–H groups in total. The molecule has 0 aliphatic carbocycles. The van der Waals surface area contributed by atoms with Crippen LogP contribution < -0.4 is 11.0 Å². The van der Waals surface area contributed by atoms with Crippen LogP contribution in [0.25, 0.3) is 11.0 Å². The maximum absolute atomic E-state index is 12.6. The second kappa shape index (κ2) is 5.28. The number of amides is 1. The molecule has 0 saturated carbocycles. The topological polar surface area (TPSA) is 70.1 Å². The molecular formula is C16H20N4O2. The van der Waals surface area contributed by atoms with Gasteiger partial charge in [0.05, 0.1) is 11.0 Å². The number of fused-ring (bicyclic) bond motifs is 3. The first-order chi connectivity index (χ1) is 10.7. The Morgan fingerprint density at radius 2 is 2.00 bits per heavy atom. The lowest BCUT2D eigenvalue weighted by atomic mass is 10.1. The van der Waals surface area contributed by atoms with Crippen molar-refractivity contribution in [2.75, 3.05) is 13.1 Å². The van der Waals surface area contributed by atoms with Gasteiger partial charge in [0.2, 0.25) is 5.91 Å². The second-order valence-electron chi connectivity index (χ2n) is 6.30. The second-order valence-corrected chi connectivity index (χ2v) is 6.30. The van der Waals surface area contributed by atoms with Crippen molar-refractivity contribution in [1.82, 2.24) is 19.8 Å². The largest absolute Gasteiger partial charge is 0.340 e. The fourth-order valence-corrected chi connectivity index (χ4v) is 3.67. The Kier molecular flexibility index (Phi) is 3.26. The van der Waals surface area contributed by atoms with Gasteiger partial charge in [0, 0.05) is 25.2 Å². The van der Waals surface area contributed by atoms with Gasteiger partial charge < -0.3 is 15.2 Å². The van der Waals surface area contributed by atoms with Gasteiger partial charge in [0.15, 0.2) is 0 Å². The molecule has 2 aliphatic rings. The van der Waals surface area contributed by atoms with Crippen molar-refractivity contribution in [3.05, 3.63) is 34.7 Å². The van der Waals surface area contributed by atoms with Gasteiger partial charge in [-0.3, -0.25) is 9.36 Å². The zero-order valence-corrected chi connectivity index (χ0v) is 12.4. The number of hydrogen-bond donors (Lipinski definition) is 2. The highest BCUT2D eigenvalue weighted by molar-refractivity contribution is 5.80. The summed E-state index contributed by atoms with van der Waals surface area (Å²) in [7, 11) is 0. The molecule has 1 amide bonds. The Morgan fingerprint density at radius 3 is 2.91 bits per heavy atom. The molecule has 0 spiro atoms. The van der Waals surface area contributed by atoms with Crippen LogP contribution in [0.15, 0.2) is 29.1 Å². The van der Waals surface area contributed by atoms with E-state index in [0.717, 1.165) is 37.0 Å². The molecule has 2 atom stereocenters. The number of aromatic nitrogens is 2. The molecule has 3 heterocycles. The van der Waals surface area contributed by atoms with E-state index >= 15 is 0 Å². The predicted molar refractivity (Wildman–Crippen MR) is 83.7 cm³/mol.